The quantitative estimate of drug-likeness (QED) is 0.519. The monoisotopic (exact) mass is 506 g/mol. The van der Waals surface area contributed by atoms with Gasteiger partial charge in [0, 0.05) is 38.9 Å². The molecular weight excluding hydrogens is 472 g/mol. The van der Waals surface area contributed by atoms with Gasteiger partial charge in [-0.3, -0.25) is 9.48 Å². The van der Waals surface area contributed by atoms with Crippen LogP contribution >= 0.6 is 0 Å². The Labute approximate surface area is 217 Å². The molecule has 0 atom stereocenters. The molecule has 0 radical (unpaired) electrons. The van der Waals surface area contributed by atoms with E-state index in [1.54, 1.807) is 29.0 Å². The maximum atomic E-state index is 13.1. The first-order chi connectivity index (χ1) is 17.7. The average Bonchev–Trinajstić information content (AvgIpc) is 3.32. The van der Waals surface area contributed by atoms with Gasteiger partial charge >= 0.3 is 6.09 Å². The Hall–Kier alpha value is -3.92. The predicted molar refractivity (Wildman–Crippen MR) is 142 cm³/mol. The number of carbonyl (C=O) groups excluding carboxylic acids is 2. The Morgan fingerprint density at radius 2 is 1.76 bits per heavy atom. The number of hydrogen-bond donors (Lipinski definition) is 1. The molecule has 10 heteroatoms. The molecule has 1 aromatic carbocycles. The second-order valence-electron chi connectivity index (χ2n) is 9.81. The maximum absolute atomic E-state index is 13.1. The van der Waals surface area contributed by atoms with Crippen LogP contribution in [0.15, 0.2) is 54.7 Å². The number of ether oxygens (including phenoxy) is 2. The summed E-state index contributed by atoms with van der Waals surface area (Å²) in [5.41, 5.74) is 2.17. The number of methoxy groups -OCH3 is 1. The van der Waals surface area contributed by atoms with Gasteiger partial charge in [-0.1, -0.05) is 30.3 Å². The summed E-state index contributed by atoms with van der Waals surface area (Å²) in [5, 5.41) is 7.53. The number of pyridine rings is 1. The van der Waals surface area contributed by atoms with Crippen molar-refractivity contribution in [1.82, 2.24) is 19.7 Å². The third-order valence-electron chi connectivity index (χ3n) is 5.85. The summed E-state index contributed by atoms with van der Waals surface area (Å²) in [6, 6.07) is 15.2. The van der Waals surface area contributed by atoms with E-state index in [4.69, 9.17) is 9.47 Å². The van der Waals surface area contributed by atoms with Crippen molar-refractivity contribution in [2.75, 3.05) is 50.1 Å². The summed E-state index contributed by atoms with van der Waals surface area (Å²) >= 11 is 0. The van der Waals surface area contributed by atoms with Crippen molar-refractivity contribution in [3.05, 3.63) is 60.4 Å². The molecule has 3 heterocycles. The summed E-state index contributed by atoms with van der Waals surface area (Å²) in [5.74, 6) is 0.518. The molecule has 196 valence electrons. The molecule has 0 bridgehead atoms. The number of nitrogens with one attached hydrogen (secondary N) is 1. The average molecular weight is 507 g/mol. The lowest BCUT2D eigenvalue weighted by molar-refractivity contribution is 0.0240. The molecule has 2 aromatic heterocycles. The van der Waals surface area contributed by atoms with Gasteiger partial charge in [0.15, 0.2) is 0 Å². The highest BCUT2D eigenvalue weighted by Crippen LogP contribution is 2.21. The Balaban J connectivity index is 1.39. The highest BCUT2D eigenvalue weighted by molar-refractivity contribution is 6.03. The zero-order chi connectivity index (χ0) is 26.4. The van der Waals surface area contributed by atoms with Crippen LogP contribution in [0.3, 0.4) is 0 Å². The van der Waals surface area contributed by atoms with Gasteiger partial charge in [0.1, 0.15) is 17.1 Å². The molecule has 1 aliphatic rings. The van der Waals surface area contributed by atoms with Crippen molar-refractivity contribution in [2.45, 2.75) is 32.9 Å². The largest absolute Gasteiger partial charge is 0.444 e. The zero-order valence-corrected chi connectivity index (χ0v) is 21.8. The summed E-state index contributed by atoms with van der Waals surface area (Å²) in [6.07, 6.45) is 1.35. The molecule has 0 aliphatic carbocycles. The third kappa shape index (κ3) is 6.85. The lowest BCUT2D eigenvalue weighted by atomic mass is 10.1. The number of aromatic nitrogens is 3. The fraction of sp³-hybridized carbons (Fsp3) is 0.407. The predicted octanol–water partition coefficient (Wildman–Crippen LogP) is 3.90. The smallest absolute Gasteiger partial charge is 0.410 e. The van der Waals surface area contributed by atoms with Crippen LogP contribution in [-0.2, 0) is 16.0 Å². The minimum absolute atomic E-state index is 0.272. The number of carbonyl (C=O) groups is 2. The van der Waals surface area contributed by atoms with Crippen LogP contribution in [0.25, 0.3) is 11.3 Å². The van der Waals surface area contributed by atoms with E-state index in [2.05, 4.69) is 20.3 Å². The van der Waals surface area contributed by atoms with Crippen LogP contribution in [0.1, 0.15) is 31.3 Å². The number of piperazine rings is 1. The lowest BCUT2D eigenvalue weighted by Gasteiger charge is -2.36. The highest BCUT2D eigenvalue weighted by atomic mass is 16.6. The molecular formula is C27H34N6O4. The summed E-state index contributed by atoms with van der Waals surface area (Å²) in [4.78, 5) is 33.8. The first kappa shape index (κ1) is 26.2. The standard InChI is InChI=1S/C27H34N6O4/c1-27(2,3)37-26(35)32-14-12-31(13-15-32)24-11-10-21(19-28-24)29-25(34)23-18-22(20-8-6-5-7-9-20)30-33(23)16-17-36-4/h5-11,18-19H,12-17H2,1-4H3,(H,29,34). The molecule has 10 nitrogen and oxygen atoms in total. The van der Waals surface area contributed by atoms with Crippen LogP contribution in [0.4, 0.5) is 16.3 Å². The normalized spacial score (nSPS) is 13.9. The maximum Gasteiger partial charge on any atom is 0.410 e. The van der Waals surface area contributed by atoms with Gasteiger partial charge in [0.25, 0.3) is 5.91 Å². The second kappa shape index (κ2) is 11.4. The molecule has 2 amide bonds. The van der Waals surface area contributed by atoms with E-state index in [9.17, 15) is 9.59 Å². The summed E-state index contributed by atoms with van der Waals surface area (Å²) in [7, 11) is 1.62. The topological polar surface area (TPSA) is 102 Å². The molecule has 37 heavy (non-hydrogen) atoms. The van der Waals surface area contributed by atoms with E-state index in [0.29, 0.717) is 50.7 Å². The van der Waals surface area contributed by atoms with E-state index in [-0.39, 0.29) is 12.0 Å². The van der Waals surface area contributed by atoms with Crippen LogP contribution in [0.2, 0.25) is 0 Å². The van der Waals surface area contributed by atoms with Crippen LogP contribution in [0, 0.1) is 0 Å². The van der Waals surface area contributed by atoms with Crippen molar-refractivity contribution < 1.29 is 19.1 Å². The molecule has 0 unspecified atom stereocenters. The number of rotatable bonds is 7. The molecule has 1 fully saturated rings. The number of benzene rings is 1. The van der Waals surface area contributed by atoms with Gasteiger partial charge in [-0.15, -0.1) is 0 Å². The van der Waals surface area contributed by atoms with Gasteiger partial charge < -0.3 is 24.6 Å². The summed E-state index contributed by atoms with van der Waals surface area (Å²) in [6.45, 7) is 8.90. The van der Waals surface area contributed by atoms with Crippen molar-refractivity contribution in [2.24, 2.45) is 0 Å². The second-order valence-corrected chi connectivity index (χ2v) is 9.81. The molecule has 0 saturated carbocycles. The van der Waals surface area contributed by atoms with Gasteiger partial charge in [0.2, 0.25) is 0 Å². The number of hydrogen-bond acceptors (Lipinski definition) is 7. The Kier molecular flexibility index (Phi) is 8.08. The van der Waals surface area contributed by atoms with E-state index in [0.717, 1.165) is 17.1 Å². The Morgan fingerprint density at radius 1 is 1.03 bits per heavy atom. The Bertz CT molecular complexity index is 1200. The van der Waals surface area contributed by atoms with Gasteiger partial charge in [-0.25, -0.2) is 9.78 Å². The third-order valence-corrected chi connectivity index (χ3v) is 5.85. The number of anilines is 2. The van der Waals surface area contributed by atoms with Crippen molar-refractivity contribution in [3.63, 3.8) is 0 Å². The number of amides is 2. The molecule has 1 aliphatic heterocycles. The fourth-order valence-electron chi connectivity index (χ4n) is 3.98. The van der Waals surface area contributed by atoms with E-state index < -0.39 is 5.60 Å². The first-order valence-electron chi connectivity index (χ1n) is 12.4. The Morgan fingerprint density at radius 3 is 2.38 bits per heavy atom. The van der Waals surface area contributed by atoms with Crippen molar-refractivity contribution in [1.29, 1.82) is 0 Å². The minimum Gasteiger partial charge on any atom is -0.444 e. The van der Waals surface area contributed by atoms with Crippen LogP contribution in [-0.4, -0.2) is 77.2 Å². The SMILES string of the molecule is COCCn1nc(-c2ccccc2)cc1C(=O)Nc1ccc(N2CCN(C(=O)OC(C)(C)C)CC2)nc1. The molecule has 3 aromatic rings. The molecule has 4 rings (SSSR count). The van der Waals surface area contributed by atoms with E-state index >= 15 is 0 Å². The number of nitrogens with zero attached hydrogens (tertiary/aromatic N) is 5. The zero-order valence-electron chi connectivity index (χ0n) is 21.8. The molecule has 0 spiro atoms. The van der Waals surface area contributed by atoms with Crippen LogP contribution < -0.4 is 10.2 Å². The van der Waals surface area contributed by atoms with Crippen molar-refractivity contribution in [3.8, 4) is 11.3 Å². The fourth-order valence-corrected chi connectivity index (χ4v) is 3.98. The minimum atomic E-state index is -0.513. The van der Waals surface area contributed by atoms with Crippen molar-refractivity contribution >= 4 is 23.5 Å². The molecule has 1 saturated heterocycles. The van der Waals surface area contributed by atoms with Crippen LogP contribution in [0.5, 0.6) is 0 Å². The van der Waals surface area contributed by atoms with Gasteiger partial charge in [-0.05, 0) is 39.0 Å². The van der Waals surface area contributed by atoms with Gasteiger partial charge in [0.05, 0.1) is 30.7 Å². The molecule has 1 N–H and O–H groups in total. The first-order valence-corrected chi connectivity index (χ1v) is 12.4. The van der Waals surface area contributed by atoms with Gasteiger partial charge in [-0.2, -0.15) is 5.10 Å². The van der Waals surface area contributed by atoms with E-state index in [1.165, 1.54) is 0 Å². The lowest BCUT2D eigenvalue weighted by Crippen LogP contribution is -2.50. The summed E-state index contributed by atoms with van der Waals surface area (Å²) < 4.78 is 12.3. The highest BCUT2D eigenvalue weighted by Gasteiger charge is 2.26. The van der Waals surface area contributed by atoms with E-state index in [1.807, 2.05) is 63.2 Å².